The molecule has 1 atom stereocenters. The smallest absolute Gasteiger partial charge is 0.267 e. The van der Waals surface area contributed by atoms with Crippen molar-refractivity contribution in [2.45, 2.75) is 44.4 Å². The zero-order chi connectivity index (χ0) is 27.6. The Labute approximate surface area is 228 Å². The molecule has 0 saturated carbocycles. The summed E-state index contributed by atoms with van der Waals surface area (Å²) in [6.07, 6.45) is 4.94. The highest BCUT2D eigenvalue weighted by Gasteiger charge is 2.24. The monoisotopic (exact) mass is 538 g/mol. The highest BCUT2D eigenvalue weighted by molar-refractivity contribution is 7.90. The molecular weight excluding hydrogens is 508 g/mol. The molecule has 0 spiro atoms. The molecule has 0 radical (unpaired) electrons. The van der Waals surface area contributed by atoms with Gasteiger partial charge in [-0.3, -0.25) is 9.78 Å². The van der Waals surface area contributed by atoms with Crippen LogP contribution in [0.2, 0.25) is 0 Å². The topological polar surface area (TPSA) is 105 Å². The maximum atomic E-state index is 13.2. The van der Waals surface area contributed by atoms with Gasteiger partial charge < -0.3 is 4.98 Å². The number of sulfonamides is 1. The number of nitrogens with one attached hydrogen (secondary N) is 2. The lowest BCUT2D eigenvalue weighted by molar-refractivity contribution is 0.0981. The molecule has 7 nitrogen and oxygen atoms in total. The van der Waals surface area contributed by atoms with Crippen molar-refractivity contribution in [2.24, 2.45) is 0 Å². The van der Waals surface area contributed by atoms with Gasteiger partial charge in [-0.25, -0.2) is 18.1 Å². The van der Waals surface area contributed by atoms with Crippen LogP contribution in [0.25, 0.3) is 22.2 Å². The lowest BCUT2D eigenvalue weighted by Crippen LogP contribution is -2.31. The van der Waals surface area contributed by atoms with Crippen molar-refractivity contribution in [1.29, 1.82) is 0 Å². The third-order valence-electron chi connectivity index (χ3n) is 6.89. The number of amides is 1. The molecule has 5 rings (SSSR count). The Balaban J connectivity index is 1.52. The molecule has 2 aromatic heterocycles. The number of H-pyrrole nitrogens is 1. The van der Waals surface area contributed by atoms with Crippen LogP contribution in [-0.2, 0) is 10.0 Å². The molecule has 0 saturated heterocycles. The van der Waals surface area contributed by atoms with E-state index in [2.05, 4.69) is 33.7 Å². The zero-order valence-corrected chi connectivity index (χ0v) is 22.9. The summed E-state index contributed by atoms with van der Waals surface area (Å²) in [4.78, 5) is 25.7. The van der Waals surface area contributed by atoms with Crippen LogP contribution < -0.4 is 4.72 Å². The second-order valence-electron chi connectivity index (χ2n) is 9.68. The number of hydrogen-bond donors (Lipinski definition) is 2. The van der Waals surface area contributed by atoms with E-state index in [1.54, 1.807) is 30.5 Å². The second kappa shape index (κ2) is 10.8. The Kier molecular flexibility index (Phi) is 7.30. The van der Waals surface area contributed by atoms with Crippen LogP contribution in [0.5, 0.6) is 0 Å². The molecular formula is C31H30N4O3S. The van der Waals surface area contributed by atoms with Gasteiger partial charge in [0.05, 0.1) is 21.5 Å². The number of aromatic amines is 1. The zero-order valence-electron chi connectivity index (χ0n) is 22.1. The fourth-order valence-electron chi connectivity index (χ4n) is 5.14. The minimum atomic E-state index is -4.03. The lowest BCUT2D eigenvalue weighted by atomic mass is 9.86. The first kappa shape index (κ1) is 26.3. The van der Waals surface area contributed by atoms with Crippen LogP contribution in [-0.4, -0.2) is 29.3 Å². The summed E-state index contributed by atoms with van der Waals surface area (Å²) in [6, 6.07) is 21.9. The Morgan fingerprint density at radius 3 is 2.36 bits per heavy atom. The number of benzene rings is 3. The highest BCUT2D eigenvalue weighted by Crippen LogP contribution is 2.36. The second-order valence-corrected chi connectivity index (χ2v) is 11.4. The normalized spacial score (nSPS) is 12.4. The van der Waals surface area contributed by atoms with Crippen molar-refractivity contribution >= 4 is 27.0 Å². The number of fused-ring (bicyclic) bond motifs is 1. The number of carbonyl (C=O) groups is 1. The SMILES string of the molecule is CCCC(c1cc(C)c(-c2ccncc2C(=O)NS(=O)(=O)c2ccccc2)c(C)c1)c1nc2ccccc2[nH]1. The van der Waals surface area contributed by atoms with E-state index in [-0.39, 0.29) is 16.4 Å². The van der Waals surface area contributed by atoms with Gasteiger partial charge in [-0.2, -0.15) is 0 Å². The highest BCUT2D eigenvalue weighted by atomic mass is 32.2. The number of nitrogens with zero attached hydrogens (tertiary/aromatic N) is 2. The van der Waals surface area contributed by atoms with E-state index in [0.717, 1.165) is 52.0 Å². The molecule has 0 bridgehead atoms. The van der Waals surface area contributed by atoms with E-state index in [4.69, 9.17) is 4.98 Å². The minimum absolute atomic E-state index is 0.0213. The minimum Gasteiger partial charge on any atom is -0.341 e. The molecule has 0 aliphatic rings. The Morgan fingerprint density at radius 2 is 1.67 bits per heavy atom. The summed E-state index contributed by atoms with van der Waals surface area (Å²) in [5.41, 5.74) is 6.75. The predicted molar refractivity (Wildman–Crippen MR) is 153 cm³/mol. The molecule has 1 amide bonds. The van der Waals surface area contributed by atoms with Crippen molar-refractivity contribution in [3.63, 3.8) is 0 Å². The number of rotatable bonds is 8. The van der Waals surface area contributed by atoms with Crippen molar-refractivity contribution in [3.05, 3.63) is 113 Å². The molecule has 0 aliphatic carbocycles. The van der Waals surface area contributed by atoms with E-state index in [1.807, 2.05) is 38.1 Å². The van der Waals surface area contributed by atoms with Gasteiger partial charge >= 0.3 is 0 Å². The molecule has 3 aromatic carbocycles. The third-order valence-corrected chi connectivity index (χ3v) is 8.23. The molecule has 0 fully saturated rings. The molecule has 2 heterocycles. The van der Waals surface area contributed by atoms with Gasteiger partial charge in [0.15, 0.2) is 0 Å². The van der Waals surface area contributed by atoms with Gasteiger partial charge in [0.1, 0.15) is 5.82 Å². The van der Waals surface area contributed by atoms with E-state index >= 15 is 0 Å². The maximum Gasteiger partial charge on any atom is 0.267 e. The van der Waals surface area contributed by atoms with E-state index < -0.39 is 15.9 Å². The largest absolute Gasteiger partial charge is 0.341 e. The van der Waals surface area contributed by atoms with Crippen LogP contribution in [0.3, 0.4) is 0 Å². The first-order valence-corrected chi connectivity index (χ1v) is 14.4. The summed E-state index contributed by atoms with van der Waals surface area (Å²) < 4.78 is 27.8. The quantitative estimate of drug-likeness (QED) is 0.241. The van der Waals surface area contributed by atoms with E-state index in [0.29, 0.717) is 5.56 Å². The summed E-state index contributed by atoms with van der Waals surface area (Å²) in [5, 5.41) is 0. The first-order chi connectivity index (χ1) is 18.8. The van der Waals surface area contributed by atoms with Crippen molar-refractivity contribution in [2.75, 3.05) is 0 Å². The number of pyridine rings is 1. The fraction of sp³-hybridized carbons (Fsp3) is 0.194. The van der Waals surface area contributed by atoms with Crippen LogP contribution in [0.4, 0.5) is 0 Å². The van der Waals surface area contributed by atoms with Gasteiger partial charge in [0.2, 0.25) is 0 Å². The number of aryl methyl sites for hydroxylation is 2. The number of carbonyl (C=O) groups excluding carboxylic acids is 1. The molecule has 0 aliphatic heterocycles. The maximum absolute atomic E-state index is 13.2. The van der Waals surface area contributed by atoms with E-state index in [1.165, 1.54) is 18.3 Å². The molecule has 1 unspecified atom stereocenters. The Morgan fingerprint density at radius 1 is 0.974 bits per heavy atom. The van der Waals surface area contributed by atoms with Gasteiger partial charge in [0, 0.05) is 18.3 Å². The fourth-order valence-corrected chi connectivity index (χ4v) is 6.13. The first-order valence-electron chi connectivity index (χ1n) is 12.9. The summed E-state index contributed by atoms with van der Waals surface area (Å²) in [7, 11) is -4.03. The summed E-state index contributed by atoms with van der Waals surface area (Å²) >= 11 is 0. The molecule has 8 heteroatoms. The van der Waals surface area contributed by atoms with Crippen molar-refractivity contribution in [1.82, 2.24) is 19.7 Å². The van der Waals surface area contributed by atoms with Crippen LogP contribution in [0.1, 0.15) is 58.6 Å². The summed E-state index contributed by atoms with van der Waals surface area (Å²) in [5.74, 6) is 0.292. The third kappa shape index (κ3) is 5.33. The van der Waals surface area contributed by atoms with Gasteiger partial charge in [0.25, 0.3) is 15.9 Å². The van der Waals surface area contributed by atoms with Gasteiger partial charge in [-0.05, 0) is 78.4 Å². The summed E-state index contributed by atoms with van der Waals surface area (Å²) in [6.45, 7) is 6.18. The standard InChI is InChI=1S/C31H30N4O3S/c1-4-10-24(30-33-27-13-8-9-14-28(27)34-30)22-17-20(2)29(21(3)18-22)25-15-16-32-19-26(25)31(36)35-39(37,38)23-11-6-5-7-12-23/h5-9,11-19,24H,4,10H2,1-3H3,(H,33,34)(H,35,36). The lowest BCUT2D eigenvalue weighted by Gasteiger charge is -2.20. The average Bonchev–Trinajstić information content (AvgIpc) is 3.36. The molecule has 198 valence electrons. The Bertz CT molecular complexity index is 1710. The van der Waals surface area contributed by atoms with Crippen molar-refractivity contribution in [3.8, 4) is 11.1 Å². The van der Waals surface area contributed by atoms with Crippen LogP contribution in [0, 0.1) is 13.8 Å². The number of imidazole rings is 1. The molecule has 5 aromatic rings. The molecule has 39 heavy (non-hydrogen) atoms. The van der Waals surface area contributed by atoms with Crippen LogP contribution >= 0.6 is 0 Å². The number of hydrogen-bond acceptors (Lipinski definition) is 5. The van der Waals surface area contributed by atoms with E-state index in [9.17, 15) is 13.2 Å². The van der Waals surface area contributed by atoms with Gasteiger partial charge in [-0.15, -0.1) is 0 Å². The van der Waals surface area contributed by atoms with Crippen LogP contribution in [0.15, 0.2) is 90.1 Å². The predicted octanol–water partition coefficient (Wildman–Crippen LogP) is 6.29. The van der Waals surface area contributed by atoms with Crippen molar-refractivity contribution < 1.29 is 13.2 Å². The average molecular weight is 539 g/mol. The number of aromatic nitrogens is 3. The van der Waals surface area contributed by atoms with Gasteiger partial charge in [-0.1, -0.05) is 55.8 Å². The molecule has 2 N–H and O–H groups in total. The number of para-hydroxylation sites is 2. The Hall–Kier alpha value is -4.30.